The van der Waals surface area contributed by atoms with Crippen molar-refractivity contribution in [1.82, 2.24) is 9.47 Å². The third kappa shape index (κ3) is 4.55. The van der Waals surface area contributed by atoms with Crippen LogP contribution in [0.1, 0.15) is 27.3 Å². The minimum absolute atomic E-state index is 0.0905. The van der Waals surface area contributed by atoms with Crippen molar-refractivity contribution in [2.24, 2.45) is 0 Å². The second-order valence-electron chi connectivity index (χ2n) is 7.88. The number of fused-ring (bicyclic) bond motifs is 1. The Bertz CT molecular complexity index is 1270. The van der Waals surface area contributed by atoms with Crippen molar-refractivity contribution in [2.75, 3.05) is 32.1 Å². The smallest absolute Gasteiger partial charge is 0.255 e. The van der Waals surface area contributed by atoms with E-state index in [0.717, 1.165) is 17.1 Å². The number of aromatic nitrogens is 1. The number of anilines is 1. The van der Waals surface area contributed by atoms with Crippen LogP contribution in [0, 0.1) is 26.2 Å². The Hall–Kier alpha value is -4.18. The lowest BCUT2D eigenvalue weighted by Crippen LogP contribution is -2.35. The maximum atomic E-state index is 13.1. The fourth-order valence-electron chi connectivity index (χ4n) is 3.93. The van der Waals surface area contributed by atoms with Gasteiger partial charge in [0.05, 0.1) is 12.1 Å². The van der Waals surface area contributed by atoms with Crippen LogP contribution >= 0.6 is 0 Å². The molecular weight excluding hydrogens is 418 g/mol. The molecule has 0 bridgehead atoms. The molecule has 1 aliphatic heterocycles. The number of nitrogens with zero attached hydrogens (tertiary/aromatic N) is 2. The molecule has 1 aliphatic rings. The highest BCUT2D eigenvalue weighted by molar-refractivity contribution is 6.00. The Morgan fingerprint density at radius 2 is 1.85 bits per heavy atom. The van der Waals surface area contributed by atoms with Gasteiger partial charge in [-0.3, -0.25) is 9.59 Å². The number of likely N-dealkylation sites (N-methyl/N-ethyl adjacent to an activating group) is 1. The zero-order valence-corrected chi connectivity index (χ0v) is 18.8. The van der Waals surface area contributed by atoms with Gasteiger partial charge in [0.1, 0.15) is 13.2 Å². The summed E-state index contributed by atoms with van der Waals surface area (Å²) in [5, 5.41) is 2.78. The molecule has 7 nitrogen and oxygen atoms in total. The number of amides is 2. The number of benzene rings is 2. The van der Waals surface area contributed by atoms with Crippen LogP contribution in [0.2, 0.25) is 0 Å². The number of rotatable bonds is 5. The van der Waals surface area contributed by atoms with Crippen LogP contribution in [0.5, 0.6) is 11.5 Å². The molecule has 0 radical (unpaired) electrons. The Kier molecular flexibility index (Phi) is 6.09. The summed E-state index contributed by atoms with van der Waals surface area (Å²) in [5.41, 5.74) is 4.35. The highest BCUT2D eigenvalue weighted by Gasteiger charge is 2.22. The van der Waals surface area contributed by atoms with Crippen molar-refractivity contribution in [3.8, 4) is 29.5 Å². The molecule has 2 aromatic carbocycles. The summed E-state index contributed by atoms with van der Waals surface area (Å²) in [7, 11) is 1.61. The van der Waals surface area contributed by atoms with E-state index in [-0.39, 0.29) is 18.4 Å². The molecule has 168 valence electrons. The predicted molar refractivity (Wildman–Crippen MR) is 126 cm³/mol. The second-order valence-corrected chi connectivity index (χ2v) is 7.88. The van der Waals surface area contributed by atoms with Crippen molar-refractivity contribution in [3.05, 3.63) is 71.0 Å². The van der Waals surface area contributed by atoms with E-state index in [1.54, 1.807) is 31.3 Å². The van der Waals surface area contributed by atoms with Crippen LogP contribution in [-0.2, 0) is 4.79 Å². The van der Waals surface area contributed by atoms with Crippen LogP contribution in [0.25, 0.3) is 5.69 Å². The van der Waals surface area contributed by atoms with Crippen LogP contribution in [0.15, 0.2) is 48.5 Å². The normalized spacial score (nSPS) is 12.1. The van der Waals surface area contributed by atoms with E-state index in [4.69, 9.17) is 15.9 Å². The number of aryl methyl sites for hydroxylation is 1. The molecule has 2 amide bonds. The molecule has 0 fully saturated rings. The van der Waals surface area contributed by atoms with Crippen molar-refractivity contribution in [1.29, 1.82) is 0 Å². The molecule has 0 saturated heterocycles. The highest BCUT2D eigenvalue weighted by atomic mass is 16.6. The van der Waals surface area contributed by atoms with E-state index in [2.05, 4.69) is 11.2 Å². The average Bonchev–Trinajstić information content (AvgIpc) is 3.11. The topological polar surface area (TPSA) is 72.8 Å². The molecule has 3 aromatic rings. The Labute approximate surface area is 192 Å². The summed E-state index contributed by atoms with van der Waals surface area (Å²) < 4.78 is 13.3. The molecular formula is C26H25N3O4. The molecule has 4 rings (SSSR count). The Balaban J connectivity index is 1.50. The van der Waals surface area contributed by atoms with E-state index < -0.39 is 0 Å². The predicted octanol–water partition coefficient (Wildman–Crippen LogP) is 3.56. The molecule has 1 N–H and O–H groups in total. The average molecular weight is 444 g/mol. The first kappa shape index (κ1) is 22.0. The molecule has 0 saturated carbocycles. The molecule has 1 aromatic heterocycles. The lowest BCUT2D eigenvalue weighted by Gasteiger charge is -2.20. The van der Waals surface area contributed by atoms with Gasteiger partial charge in [0.25, 0.3) is 5.91 Å². The first-order chi connectivity index (χ1) is 15.9. The maximum absolute atomic E-state index is 13.1. The largest absolute Gasteiger partial charge is 0.486 e. The van der Waals surface area contributed by atoms with Crippen LogP contribution in [0.3, 0.4) is 0 Å². The second kappa shape index (κ2) is 9.13. The molecule has 0 spiro atoms. The number of ether oxygens (including phenoxy) is 2. The van der Waals surface area contributed by atoms with E-state index in [1.165, 1.54) is 4.90 Å². The Morgan fingerprint density at radius 1 is 1.09 bits per heavy atom. The van der Waals surface area contributed by atoms with Crippen LogP contribution < -0.4 is 14.8 Å². The summed E-state index contributed by atoms with van der Waals surface area (Å²) >= 11 is 0. The van der Waals surface area contributed by atoms with E-state index in [0.29, 0.717) is 41.5 Å². The van der Waals surface area contributed by atoms with Gasteiger partial charge in [0.2, 0.25) is 5.91 Å². The third-order valence-electron chi connectivity index (χ3n) is 5.49. The Morgan fingerprint density at radius 3 is 2.61 bits per heavy atom. The number of carbonyl (C=O) groups is 2. The number of terminal acetylenes is 1. The standard InChI is InChI=1S/C26H25N3O4/c1-5-19-7-6-8-20(14-19)27-25(30)16-28(4)26(31)22-13-17(2)29(18(22)3)21-9-10-23-24(15-21)33-12-11-32-23/h1,6-10,13-15H,11-12,16H2,2-4H3,(H,27,30). The minimum Gasteiger partial charge on any atom is -0.486 e. The lowest BCUT2D eigenvalue weighted by molar-refractivity contribution is -0.116. The van der Waals surface area contributed by atoms with E-state index in [1.807, 2.05) is 42.7 Å². The summed E-state index contributed by atoms with van der Waals surface area (Å²) in [6, 6.07) is 14.6. The fraction of sp³-hybridized carbons (Fsp3) is 0.231. The fourth-order valence-corrected chi connectivity index (χ4v) is 3.93. The molecule has 7 heteroatoms. The van der Waals surface area contributed by atoms with Gasteiger partial charge in [-0.1, -0.05) is 12.0 Å². The highest BCUT2D eigenvalue weighted by Crippen LogP contribution is 2.33. The summed E-state index contributed by atoms with van der Waals surface area (Å²) in [5.74, 6) is 3.38. The van der Waals surface area contributed by atoms with Gasteiger partial charge in [-0.25, -0.2) is 0 Å². The zero-order chi connectivity index (χ0) is 23.5. The van der Waals surface area contributed by atoms with Gasteiger partial charge in [-0.15, -0.1) is 6.42 Å². The van der Waals surface area contributed by atoms with Gasteiger partial charge in [0, 0.05) is 41.4 Å². The molecule has 0 atom stereocenters. The summed E-state index contributed by atoms with van der Waals surface area (Å²) in [6.07, 6.45) is 5.41. The van der Waals surface area contributed by atoms with Crippen molar-refractivity contribution < 1.29 is 19.1 Å². The number of hydrogen-bond acceptors (Lipinski definition) is 4. The van der Waals surface area contributed by atoms with Crippen molar-refractivity contribution >= 4 is 17.5 Å². The first-order valence-electron chi connectivity index (χ1n) is 10.6. The van der Waals surface area contributed by atoms with Gasteiger partial charge in [0.15, 0.2) is 11.5 Å². The number of hydrogen-bond donors (Lipinski definition) is 1. The zero-order valence-electron chi connectivity index (χ0n) is 18.8. The van der Waals surface area contributed by atoms with E-state index in [9.17, 15) is 9.59 Å². The molecule has 2 heterocycles. The lowest BCUT2D eigenvalue weighted by atomic mass is 10.2. The molecule has 33 heavy (non-hydrogen) atoms. The van der Waals surface area contributed by atoms with Crippen LogP contribution in [0.4, 0.5) is 5.69 Å². The van der Waals surface area contributed by atoms with Gasteiger partial charge < -0.3 is 24.3 Å². The van der Waals surface area contributed by atoms with Crippen molar-refractivity contribution in [2.45, 2.75) is 13.8 Å². The maximum Gasteiger partial charge on any atom is 0.255 e. The van der Waals surface area contributed by atoms with Crippen LogP contribution in [-0.4, -0.2) is 48.1 Å². The van der Waals surface area contributed by atoms with Gasteiger partial charge in [-0.2, -0.15) is 0 Å². The van der Waals surface area contributed by atoms with Crippen molar-refractivity contribution in [3.63, 3.8) is 0 Å². The summed E-state index contributed by atoms with van der Waals surface area (Å²) in [6.45, 7) is 4.76. The summed E-state index contributed by atoms with van der Waals surface area (Å²) in [4.78, 5) is 27.0. The monoisotopic (exact) mass is 443 g/mol. The first-order valence-corrected chi connectivity index (χ1v) is 10.6. The quantitative estimate of drug-likeness (QED) is 0.612. The molecule has 0 unspecified atom stereocenters. The SMILES string of the molecule is C#Cc1cccc(NC(=O)CN(C)C(=O)c2cc(C)n(-c3ccc4c(c3)OCCO4)c2C)c1. The third-order valence-corrected chi connectivity index (χ3v) is 5.49. The van der Waals surface area contributed by atoms with Gasteiger partial charge in [-0.05, 0) is 50.2 Å². The van der Waals surface area contributed by atoms with E-state index >= 15 is 0 Å². The minimum atomic E-state index is -0.305. The molecule has 0 aliphatic carbocycles. The van der Waals surface area contributed by atoms with Gasteiger partial charge >= 0.3 is 0 Å². The number of carbonyl (C=O) groups excluding carboxylic acids is 2. The number of nitrogens with one attached hydrogen (secondary N) is 1.